The van der Waals surface area contributed by atoms with E-state index >= 15 is 0 Å². The Morgan fingerprint density at radius 1 is 1.12 bits per heavy atom. The maximum Gasteiger partial charge on any atom is 0.237 e. The Balaban J connectivity index is 1.23. The number of benzene rings is 2. The number of ether oxygens (including phenoxy) is 2. The number of aromatic amines is 1. The quantitative estimate of drug-likeness (QED) is 0.375. The highest BCUT2D eigenvalue weighted by Gasteiger charge is 2.21. The van der Waals surface area contributed by atoms with Crippen molar-refractivity contribution in [2.45, 2.75) is 25.4 Å². The number of para-hydroxylation sites is 1. The van der Waals surface area contributed by atoms with Gasteiger partial charge in [-0.2, -0.15) is 0 Å². The second kappa shape index (κ2) is 9.06. The van der Waals surface area contributed by atoms with Crippen LogP contribution in [0.2, 0.25) is 0 Å². The molecular formula is C25H25N3O3S. The number of rotatable bonds is 8. The molecule has 7 heteroatoms. The molecule has 1 amide bonds. The lowest BCUT2D eigenvalue weighted by Gasteiger charge is -2.20. The number of hydrogen-bond donors (Lipinski definition) is 3. The number of thiophene rings is 1. The highest BCUT2D eigenvalue weighted by molar-refractivity contribution is 7.10. The molecule has 1 aliphatic rings. The van der Waals surface area contributed by atoms with Crippen LogP contribution in [-0.4, -0.2) is 30.3 Å². The summed E-state index contributed by atoms with van der Waals surface area (Å²) in [6, 6.07) is 18.0. The van der Waals surface area contributed by atoms with Crippen molar-refractivity contribution in [2.24, 2.45) is 0 Å². The van der Waals surface area contributed by atoms with Crippen molar-refractivity contribution in [1.82, 2.24) is 15.6 Å². The lowest BCUT2D eigenvalue weighted by molar-refractivity contribution is -0.122. The summed E-state index contributed by atoms with van der Waals surface area (Å²) in [5, 5.41) is 9.76. The van der Waals surface area contributed by atoms with Crippen LogP contribution in [0.5, 0.6) is 11.5 Å². The van der Waals surface area contributed by atoms with E-state index < -0.39 is 0 Å². The maximum atomic E-state index is 12.7. The van der Waals surface area contributed by atoms with E-state index in [9.17, 15) is 4.79 Å². The Labute approximate surface area is 190 Å². The van der Waals surface area contributed by atoms with Crippen LogP contribution in [0, 0.1) is 0 Å². The van der Waals surface area contributed by atoms with Gasteiger partial charge in [-0.3, -0.25) is 4.79 Å². The third-order valence-corrected chi connectivity index (χ3v) is 6.79. The minimum atomic E-state index is -0.323. The van der Waals surface area contributed by atoms with E-state index in [1.165, 1.54) is 15.8 Å². The van der Waals surface area contributed by atoms with Crippen LogP contribution in [0.15, 0.2) is 66.2 Å². The number of amides is 1. The molecule has 0 saturated heterocycles. The van der Waals surface area contributed by atoms with Crippen molar-refractivity contribution in [1.29, 1.82) is 0 Å². The van der Waals surface area contributed by atoms with Gasteiger partial charge in [-0.1, -0.05) is 30.3 Å². The highest BCUT2D eigenvalue weighted by Crippen LogP contribution is 2.33. The van der Waals surface area contributed by atoms with Gasteiger partial charge in [0.25, 0.3) is 0 Å². The van der Waals surface area contributed by atoms with E-state index in [0.29, 0.717) is 13.1 Å². The molecule has 5 rings (SSSR count). The molecule has 0 spiro atoms. The molecule has 0 unspecified atom stereocenters. The topological polar surface area (TPSA) is 75.4 Å². The predicted molar refractivity (Wildman–Crippen MR) is 126 cm³/mol. The van der Waals surface area contributed by atoms with Crippen LogP contribution in [0.25, 0.3) is 10.9 Å². The number of nitrogens with one attached hydrogen (secondary N) is 3. The lowest BCUT2D eigenvalue weighted by Crippen LogP contribution is -2.43. The van der Waals surface area contributed by atoms with Gasteiger partial charge < -0.3 is 25.1 Å². The molecule has 0 radical (unpaired) electrons. The van der Waals surface area contributed by atoms with Gasteiger partial charge in [0.15, 0.2) is 11.5 Å². The lowest BCUT2D eigenvalue weighted by atomic mass is 9.96. The van der Waals surface area contributed by atoms with Gasteiger partial charge in [-0.25, -0.2) is 0 Å². The van der Waals surface area contributed by atoms with E-state index in [1.807, 2.05) is 31.2 Å². The van der Waals surface area contributed by atoms with Crippen LogP contribution in [0.4, 0.5) is 0 Å². The minimum absolute atomic E-state index is 0.0356. The summed E-state index contributed by atoms with van der Waals surface area (Å²) < 4.78 is 10.7. The SMILES string of the molecule is C[C@@H](NC[C@@H](c1cccs1)c1c[nH]c2ccccc12)C(=O)NCc1ccc2c(c1)OCO2. The molecule has 1 aliphatic heterocycles. The van der Waals surface area contributed by atoms with Crippen molar-refractivity contribution >= 4 is 28.1 Å². The van der Waals surface area contributed by atoms with E-state index in [2.05, 4.69) is 57.5 Å². The number of carbonyl (C=O) groups is 1. The second-order valence-corrected chi connectivity index (χ2v) is 8.87. The zero-order valence-corrected chi connectivity index (χ0v) is 18.6. The number of aromatic nitrogens is 1. The molecular weight excluding hydrogens is 422 g/mol. The molecule has 164 valence electrons. The molecule has 0 saturated carbocycles. The molecule has 0 bridgehead atoms. The largest absolute Gasteiger partial charge is 0.454 e. The van der Waals surface area contributed by atoms with Crippen LogP contribution >= 0.6 is 11.3 Å². The first-order chi connectivity index (χ1) is 15.7. The average molecular weight is 448 g/mol. The van der Waals surface area contributed by atoms with E-state index in [0.717, 1.165) is 22.6 Å². The summed E-state index contributed by atoms with van der Waals surface area (Å²) in [5.74, 6) is 1.59. The summed E-state index contributed by atoms with van der Waals surface area (Å²) in [5.41, 5.74) is 3.34. The Hall–Kier alpha value is -3.29. The number of H-pyrrole nitrogens is 1. The monoisotopic (exact) mass is 447 g/mol. The van der Waals surface area contributed by atoms with E-state index in [4.69, 9.17) is 9.47 Å². The Morgan fingerprint density at radius 2 is 2.00 bits per heavy atom. The molecule has 2 atom stereocenters. The second-order valence-electron chi connectivity index (χ2n) is 7.89. The fourth-order valence-electron chi connectivity index (χ4n) is 4.02. The number of hydrogen-bond acceptors (Lipinski definition) is 5. The summed E-state index contributed by atoms with van der Waals surface area (Å²) >= 11 is 1.74. The van der Waals surface area contributed by atoms with Crippen molar-refractivity contribution in [3.05, 3.63) is 82.2 Å². The van der Waals surface area contributed by atoms with Gasteiger partial charge in [-0.15, -0.1) is 11.3 Å². The predicted octanol–water partition coefficient (Wildman–Crippen LogP) is 4.38. The third kappa shape index (κ3) is 4.22. The zero-order valence-electron chi connectivity index (χ0n) is 17.8. The average Bonchev–Trinajstić information content (AvgIpc) is 3.58. The van der Waals surface area contributed by atoms with Gasteiger partial charge in [0, 0.05) is 41.0 Å². The van der Waals surface area contributed by atoms with Crippen molar-refractivity contribution in [3.63, 3.8) is 0 Å². The van der Waals surface area contributed by atoms with E-state index in [1.54, 1.807) is 11.3 Å². The van der Waals surface area contributed by atoms with Crippen LogP contribution < -0.4 is 20.1 Å². The normalized spacial score (nSPS) is 14.4. The molecule has 3 N–H and O–H groups in total. The molecule has 4 aromatic rings. The number of fused-ring (bicyclic) bond motifs is 2. The molecule has 3 heterocycles. The van der Waals surface area contributed by atoms with Crippen molar-refractivity contribution < 1.29 is 14.3 Å². The van der Waals surface area contributed by atoms with Crippen LogP contribution in [0.3, 0.4) is 0 Å². The fraction of sp³-hybridized carbons (Fsp3) is 0.240. The van der Waals surface area contributed by atoms with Crippen molar-refractivity contribution in [3.8, 4) is 11.5 Å². The van der Waals surface area contributed by atoms with Gasteiger partial charge in [0.05, 0.1) is 6.04 Å². The first-order valence-electron chi connectivity index (χ1n) is 10.7. The van der Waals surface area contributed by atoms with E-state index in [-0.39, 0.29) is 24.7 Å². The molecule has 2 aromatic carbocycles. The first-order valence-corrected chi connectivity index (χ1v) is 11.6. The summed E-state index contributed by atoms with van der Waals surface area (Å²) in [6.07, 6.45) is 2.08. The first kappa shape index (κ1) is 20.6. The molecule has 32 heavy (non-hydrogen) atoms. The summed E-state index contributed by atoms with van der Waals surface area (Å²) in [6.45, 7) is 3.25. The van der Waals surface area contributed by atoms with Gasteiger partial charge in [0.1, 0.15) is 0 Å². The molecule has 0 aliphatic carbocycles. The standard InChI is InChI=1S/C25H25N3O3S/c1-16(25(29)28-12-17-8-9-22-23(11-17)31-15-30-22)26-14-20(24-7-4-10-32-24)19-13-27-21-6-3-2-5-18(19)21/h2-11,13,16,20,26-27H,12,14-15H2,1H3,(H,28,29)/t16-,20-/m1/s1. The maximum absolute atomic E-state index is 12.7. The van der Waals surface area contributed by atoms with Crippen molar-refractivity contribution in [2.75, 3.05) is 13.3 Å². The minimum Gasteiger partial charge on any atom is -0.454 e. The Bertz CT molecular complexity index is 1220. The highest BCUT2D eigenvalue weighted by atomic mass is 32.1. The fourth-order valence-corrected chi connectivity index (χ4v) is 4.86. The molecule has 6 nitrogen and oxygen atoms in total. The van der Waals surface area contributed by atoms with Gasteiger partial charge >= 0.3 is 0 Å². The summed E-state index contributed by atoms with van der Waals surface area (Å²) in [4.78, 5) is 17.4. The zero-order chi connectivity index (χ0) is 21.9. The van der Waals surface area contributed by atoms with Gasteiger partial charge in [-0.05, 0) is 47.7 Å². The Morgan fingerprint density at radius 3 is 2.88 bits per heavy atom. The molecule has 0 fully saturated rings. The summed E-state index contributed by atoms with van der Waals surface area (Å²) in [7, 11) is 0. The smallest absolute Gasteiger partial charge is 0.237 e. The molecule has 2 aromatic heterocycles. The van der Waals surface area contributed by atoms with Crippen LogP contribution in [-0.2, 0) is 11.3 Å². The van der Waals surface area contributed by atoms with Crippen LogP contribution in [0.1, 0.15) is 28.8 Å². The third-order valence-electron chi connectivity index (χ3n) is 5.81. The van der Waals surface area contributed by atoms with Gasteiger partial charge in [0.2, 0.25) is 12.7 Å². The Kier molecular flexibility index (Phi) is 5.83. The number of carbonyl (C=O) groups excluding carboxylic acids is 1.